The minimum atomic E-state index is 0.132. The molecule has 0 amide bonds. The summed E-state index contributed by atoms with van der Waals surface area (Å²) in [5.74, 6) is 2.05. The van der Waals surface area contributed by atoms with Gasteiger partial charge in [0.15, 0.2) is 5.78 Å². The van der Waals surface area contributed by atoms with Crippen molar-refractivity contribution in [3.05, 3.63) is 60.6 Å². The van der Waals surface area contributed by atoms with Crippen molar-refractivity contribution in [3.8, 4) is 11.3 Å². The molecule has 1 aliphatic rings. The van der Waals surface area contributed by atoms with E-state index in [0.717, 1.165) is 54.5 Å². The summed E-state index contributed by atoms with van der Waals surface area (Å²) in [6.45, 7) is 8.10. The van der Waals surface area contributed by atoms with Crippen LogP contribution in [-0.2, 0) is 11.2 Å². The Morgan fingerprint density at radius 3 is 3.07 bits per heavy atom. The topological polar surface area (TPSA) is 58.9 Å². The van der Waals surface area contributed by atoms with Crippen molar-refractivity contribution < 1.29 is 9.21 Å². The Labute approximate surface area is 178 Å². The monoisotopic (exact) mass is 402 g/mol. The number of pyridine rings is 1. The molecule has 1 atom stereocenters. The van der Waals surface area contributed by atoms with Crippen LogP contribution in [0, 0.1) is 11.8 Å². The average molecular weight is 403 g/mol. The first-order valence-corrected chi connectivity index (χ1v) is 10.9. The van der Waals surface area contributed by atoms with Crippen LogP contribution in [0.15, 0.2) is 53.9 Å². The molecule has 1 unspecified atom stereocenters. The minimum absolute atomic E-state index is 0.132. The number of nitrogens with one attached hydrogen (secondary N) is 1. The maximum atomic E-state index is 11.9. The van der Waals surface area contributed by atoms with Gasteiger partial charge in [-0.3, -0.25) is 4.79 Å². The summed E-state index contributed by atoms with van der Waals surface area (Å²) in [5, 5.41) is 1.10. The summed E-state index contributed by atoms with van der Waals surface area (Å²) in [4.78, 5) is 19.7. The van der Waals surface area contributed by atoms with Gasteiger partial charge in [-0.15, -0.1) is 0 Å². The van der Waals surface area contributed by atoms with E-state index in [-0.39, 0.29) is 5.78 Å². The maximum Gasteiger partial charge on any atom is 0.155 e. The molecule has 4 heteroatoms. The second-order valence-corrected chi connectivity index (χ2v) is 8.79. The van der Waals surface area contributed by atoms with Crippen LogP contribution in [0.4, 0.5) is 0 Å². The van der Waals surface area contributed by atoms with Gasteiger partial charge in [0.05, 0.1) is 6.26 Å². The number of fused-ring (bicyclic) bond motifs is 1. The van der Waals surface area contributed by atoms with Crippen molar-refractivity contribution in [2.75, 3.05) is 0 Å². The van der Waals surface area contributed by atoms with Crippen LogP contribution in [0.5, 0.6) is 0 Å². The van der Waals surface area contributed by atoms with Crippen molar-refractivity contribution >= 4 is 22.4 Å². The lowest BCUT2D eigenvalue weighted by atomic mass is 9.82. The molecule has 0 saturated heterocycles. The Morgan fingerprint density at radius 2 is 2.27 bits per heavy atom. The number of allylic oxidation sites excluding steroid dienone is 3. The first kappa shape index (κ1) is 20.4. The first-order chi connectivity index (χ1) is 14.5. The van der Waals surface area contributed by atoms with E-state index in [1.807, 2.05) is 18.7 Å². The predicted octanol–water partition coefficient (Wildman–Crippen LogP) is 6.74. The highest BCUT2D eigenvalue weighted by molar-refractivity contribution is 6.00. The molecule has 0 radical (unpaired) electrons. The van der Waals surface area contributed by atoms with Gasteiger partial charge in [-0.05, 0) is 78.8 Å². The van der Waals surface area contributed by atoms with Gasteiger partial charge >= 0.3 is 0 Å². The number of carbonyl (C=O) groups excluding carboxylic acids is 1. The van der Waals surface area contributed by atoms with Crippen molar-refractivity contribution in [2.24, 2.45) is 11.8 Å². The Bertz CT molecular complexity index is 1080. The highest BCUT2D eigenvalue weighted by Crippen LogP contribution is 2.39. The molecule has 0 aromatic carbocycles. The molecule has 1 N–H and O–H groups in total. The number of H-pyrrole nitrogens is 1. The van der Waals surface area contributed by atoms with Gasteiger partial charge in [-0.2, -0.15) is 0 Å². The van der Waals surface area contributed by atoms with Crippen LogP contribution in [0.25, 0.3) is 27.9 Å². The van der Waals surface area contributed by atoms with Gasteiger partial charge in [0.2, 0.25) is 0 Å². The summed E-state index contributed by atoms with van der Waals surface area (Å²) >= 11 is 0. The molecule has 0 spiro atoms. The van der Waals surface area contributed by atoms with Crippen LogP contribution < -0.4 is 0 Å². The summed E-state index contributed by atoms with van der Waals surface area (Å²) in [6.07, 6.45) is 15.2. The largest absolute Gasteiger partial charge is 0.464 e. The van der Waals surface area contributed by atoms with Gasteiger partial charge in [0.1, 0.15) is 11.4 Å². The second-order valence-electron chi connectivity index (χ2n) is 8.79. The van der Waals surface area contributed by atoms with E-state index in [4.69, 9.17) is 4.42 Å². The van der Waals surface area contributed by atoms with Gasteiger partial charge in [0.25, 0.3) is 0 Å². The van der Waals surface area contributed by atoms with Crippen LogP contribution in [0.1, 0.15) is 57.1 Å². The van der Waals surface area contributed by atoms with E-state index in [2.05, 4.69) is 48.6 Å². The van der Waals surface area contributed by atoms with Gasteiger partial charge in [-0.1, -0.05) is 26.5 Å². The van der Waals surface area contributed by atoms with E-state index in [1.54, 1.807) is 0 Å². The fraction of sp³-hybridized carbons (Fsp3) is 0.385. The molecule has 0 aliphatic heterocycles. The fourth-order valence-electron chi connectivity index (χ4n) is 4.37. The number of nitrogens with zero attached hydrogens (tertiary/aromatic N) is 1. The Balaban J connectivity index is 1.66. The lowest BCUT2D eigenvalue weighted by Crippen LogP contribution is -2.11. The summed E-state index contributed by atoms with van der Waals surface area (Å²) in [7, 11) is 0. The average Bonchev–Trinajstić information content (AvgIpc) is 3.39. The predicted molar refractivity (Wildman–Crippen MR) is 122 cm³/mol. The molecule has 3 heterocycles. The molecule has 3 aromatic heterocycles. The number of carbonyl (C=O) groups is 1. The van der Waals surface area contributed by atoms with E-state index in [1.165, 1.54) is 22.8 Å². The minimum Gasteiger partial charge on any atom is -0.464 e. The molecule has 0 saturated carbocycles. The molecule has 3 aromatic rings. The zero-order chi connectivity index (χ0) is 21.1. The third-order valence-corrected chi connectivity index (χ3v) is 6.04. The van der Waals surface area contributed by atoms with Crippen LogP contribution in [-0.4, -0.2) is 15.8 Å². The Kier molecular flexibility index (Phi) is 6.03. The van der Waals surface area contributed by atoms with Gasteiger partial charge in [0, 0.05) is 29.8 Å². The number of aryl methyl sites for hydroxylation is 1. The number of hydrogen-bond acceptors (Lipinski definition) is 3. The van der Waals surface area contributed by atoms with E-state index >= 15 is 0 Å². The molecule has 156 valence electrons. The van der Waals surface area contributed by atoms with Crippen LogP contribution in [0.3, 0.4) is 0 Å². The quantitative estimate of drug-likeness (QED) is 0.424. The lowest BCUT2D eigenvalue weighted by Gasteiger charge is -2.22. The standard InChI is InChI=1S/C26H30N2O2/c1-4-21(29)13-18-6-5-7-20(12-18)22-10-11-27-26-25(22)23(15-28-26)24-14-19(16-30-24)9-8-17(2)3/h4,7,10-11,14-18H,1,5-6,8-9,12-13H2,2-3H3,(H,27,28). The van der Waals surface area contributed by atoms with E-state index in [0.29, 0.717) is 18.3 Å². The number of aromatic amines is 1. The molecule has 0 fully saturated rings. The molecule has 1 aliphatic carbocycles. The highest BCUT2D eigenvalue weighted by Gasteiger charge is 2.22. The Morgan fingerprint density at radius 1 is 1.40 bits per heavy atom. The summed E-state index contributed by atoms with van der Waals surface area (Å²) in [6, 6.07) is 4.24. The van der Waals surface area contributed by atoms with Crippen LogP contribution >= 0.6 is 0 Å². The van der Waals surface area contributed by atoms with Gasteiger partial charge in [-0.25, -0.2) is 4.98 Å². The number of rotatable bonds is 8. The van der Waals surface area contributed by atoms with Crippen molar-refractivity contribution in [1.29, 1.82) is 0 Å². The first-order valence-electron chi connectivity index (χ1n) is 10.9. The third kappa shape index (κ3) is 4.33. The second kappa shape index (κ2) is 8.86. The summed E-state index contributed by atoms with van der Waals surface area (Å²) < 4.78 is 5.96. The normalized spacial score (nSPS) is 16.8. The molecule has 0 bridgehead atoms. The highest BCUT2D eigenvalue weighted by atomic mass is 16.3. The SMILES string of the molecule is C=CC(=O)CC1CCC=C(c2ccnc3[nH]cc(-c4cc(CCC(C)C)co4)c23)C1. The molecule has 4 rings (SSSR count). The zero-order valence-electron chi connectivity index (χ0n) is 17.9. The smallest absolute Gasteiger partial charge is 0.155 e. The number of ketones is 1. The van der Waals surface area contributed by atoms with Crippen molar-refractivity contribution in [1.82, 2.24) is 9.97 Å². The van der Waals surface area contributed by atoms with Crippen molar-refractivity contribution in [2.45, 2.75) is 52.4 Å². The molecular weight excluding hydrogens is 372 g/mol. The third-order valence-electron chi connectivity index (χ3n) is 6.04. The maximum absolute atomic E-state index is 11.9. The van der Waals surface area contributed by atoms with Crippen molar-refractivity contribution in [3.63, 3.8) is 0 Å². The fourth-order valence-corrected chi connectivity index (χ4v) is 4.37. The number of furan rings is 1. The molecule has 30 heavy (non-hydrogen) atoms. The zero-order valence-corrected chi connectivity index (χ0v) is 17.9. The molecular formula is C26H30N2O2. The number of hydrogen-bond donors (Lipinski definition) is 1. The lowest BCUT2D eigenvalue weighted by molar-refractivity contribution is -0.115. The van der Waals surface area contributed by atoms with E-state index in [9.17, 15) is 4.79 Å². The van der Waals surface area contributed by atoms with E-state index < -0.39 is 0 Å². The number of aromatic nitrogens is 2. The Hall–Kier alpha value is -2.88. The molecule has 4 nitrogen and oxygen atoms in total. The van der Waals surface area contributed by atoms with Gasteiger partial charge < -0.3 is 9.40 Å². The summed E-state index contributed by atoms with van der Waals surface area (Å²) in [5.41, 5.74) is 5.63. The van der Waals surface area contributed by atoms with Crippen LogP contribution in [0.2, 0.25) is 0 Å².